The number of hydrogen-bond donors (Lipinski definition) is 1. The molecule has 1 N–H and O–H groups in total. The topological polar surface area (TPSA) is 67.2 Å². The lowest BCUT2D eigenvalue weighted by molar-refractivity contribution is -0.141. The van der Waals surface area contributed by atoms with Crippen molar-refractivity contribution in [1.82, 2.24) is 4.98 Å². The van der Waals surface area contributed by atoms with Crippen molar-refractivity contribution >= 4 is 5.82 Å². The van der Waals surface area contributed by atoms with Gasteiger partial charge in [-0.05, 0) is 25.0 Å². The van der Waals surface area contributed by atoms with E-state index in [2.05, 4.69) is 10.3 Å². The Hall–Kier alpha value is -1.85. The predicted octanol–water partition coefficient (Wildman–Crippen LogP) is 2.72. The molecule has 5 nitrogen and oxygen atoms in total. The van der Waals surface area contributed by atoms with Crippen molar-refractivity contribution in [3.05, 3.63) is 23.4 Å². The molecular weight excluding hydrogens is 311 g/mol. The van der Waals surface area contributed by atoms with Gasteiger partial charge in [0, 0.05) is 25.7 Å². The molecule has 0 aromatic carbocycles. The molecule has 0 unspecified atom stereocenters. The second kappa shape index (κ2) is 5.98. The summed E-state index contributed by atoms with van der Waals surface area (Å²) in [6, 6.07) is 3.74. The number of rotatable bonds is 2. The number of nitrogens with one attached hydrogen (secondary N) is 1. The maximum Gasteiger partial charge on any atom is 0.433 e. The van der Waals surface area contributed by atoms with Crippen LogP contribution in [0.4, 0.5) is 19.0 Å². The fourth-order valence-electron chi connectivity index (χ4n) is 3.02. The van der Waals surface area contributed by atoms with Gasteiger partial charge in [-0.2, -0.15) is 18.4 Å². The van der Waals surface area contributed by atoms with E-state index in [1.807, 2.05) is 6.07 Å². The van der Waals surface area contributed by atoms with Crippen LogP contribution in [0.5, 0.6) is 0 Å². The molecule has 2 fully saturated rings. The summed E-state index contributed by atoms with van der Waals surface area (Å²) in [6.45, 7) is 1.62. The highest BCUT2D eigenvalue weighted by Gasteiger charge is 2.41. The van der Waals surface area contributed by atoms with Crippen molar-refractivity contribution in [1.29, 1.82) is 5.26 Å². The Kier molecular flexibility index (Phi) is 4.17. The van der Waals surface area contributed by atoms with Crippen LogP contribution in [0.15, 0.2) is 12.1 Å². The maximum atomic E-state index is 12.8. The van der Waals surface area contributed by atoms with Crippen LogP contribution in [0, 0.1) is 11.3 Å². The highest BCUT2D eigenvalue weighted by molar-refractivity contribution is 5.53. The summed E-state index contributed by atoms with van der Waals surface area (Å²) in [6.07, 6.45) is -2.51. The van der Waals surface area contributed by atoms with Gasteiger partial charge in [0.25, 0.3) is 0 Å². The van der Waals surface area contributed by atoms with Gasteiger partial charge in [0.05, 0.1) is 17.8 Å². The van der Waals surface area contributed by atoms with Crippen LogP contribution in [0.1, 0.15) is 30.5 Å². The summed E-state index contributed by atoms with van der Waals surface area (Å²) in [5, 5.41) is 12.1. The molecule has 2 aliphatic rings. The van der Waals surface area contributed by atoms with Crippen LogP contribution < -0.4 is 5.32 Å². The average molecular weight is 327 g/mol. The summed E-state index contributed by atoms with van der Waals surface area (Å²) in [4.78, 5) is 3.59. The lowest BCUT2D eigenvalue weighted by Gasteiger charge is -2.37. The fraction of sp³-hybridized carbons (Fsp3) is 0.600. The molecule has 124 valence electrons. The molecule has 23 heavy (non-hydrogen) atoms. The minimum atomic E-state index is -4.54. The molecular formula is C15H16F3N3O2. The van der Waals surface area contributed by atoms with Crippen LogP contribution in [0.2, 0.25) is 0 Å². The molecule has 0 bridgehead atoms. The number of nitriles is 1. The number of pyridine rings is 1. The number of nitrogens with zero attached hydrogens (tertiary/aromatic N) is 2. The van der Waals surface area contributed by atoms with Crippen molar-refractivity contribution in [3.8, 4) is 6.07 Å². The lowest BCUT2D eigenvalue weighted by atomic mass is 9.89. The zero-order chi connectivity index (χ0) is 16.5. The van der Waals surface area contributed by atoms with E-state index in [0.717, 1.165) is 18.6 Å². The molecule has 8 heteroatoms. The molecule has 2 atom stereocenters. The lowest BCUT2D eigenvalue weighted by Crippen LogP contribution is -2.45. The summed E-state index contributed by atoms with van der Waals surface area (Å²) in [7, 11) is 0. The first-order valence-electron chi connectivity index (χ1n) is 7.38. The van der Waals surface area contributed by atoms with Crippen LogP contribution in [-0.4, -0.2) is 36.4 Å². The van der Waals surface area contributed by atoms with E-state index in [0.29, 0.717) is 32.7 Å². The predicted molar refractivity (Wildman–Crippen MR) is 74.7 cm³/mol. The molecule has 0 radical (unpaired) electrons. The summed E-state index contributed by atoms with van der Waals surface area (Å²) < 4.78 is 49.6. The van der Waals surface area contributed by atoms with E-state index in [1.54, 1.807) is 0 Å². The monoisotopic (exact) mass is 327 g/mol. The van der Waals surface area contributed by atoms with E-state index in [4.69, 9.17) is 14.7 Å². The molecule has 1 spiro atoms. The summed E-state index contributed by atoms with van der Waals surface area (Å²) >= 11 is 0. The van der Waals surface area contributed by atoms with Gasteiger partial charge < -0.3 is 14.8 Å². The Morgan fingerprint density at radius 1 is 1.35 bits per heavy atom. The Balaban J connectivity index is 1.80. The first-order chi connectivity index (χ1) is 10.9. The van der Waals surface area contributed by atoms with Crippen molar-refractivity contribution in [3.63, 3.8) is 0 Å². The summed E-state index contributed by atoms with van der Waals surface area (Å²) in [5.41, 5.74) is -1.28. The molecule has 3 heterocycles. The maximum absolute atomic E-state index is 12.8. The smallest absolute Gasteiger partial charge is 0.378 e. The van der Waals surface area contributed by atoms with E-state index in [9.17, 15) is 13.2 Å². The molecule has 0 saturated carbocycles. The first-order valence-corrected chi connectivity index (χ1v) is 7.38. The van der Waals surface area contributed by atoms with Gasteiger partial charge in [-0.15, -0.1) is 0 Å². The van der Waals surface area contributed by atoms with Crippen molar-refractivity contribution in [2.45, 2.75) is 37.1 Å². The second-order valence-corrected chi connectivity index (χ2v) is 5.87. The quantitative estimate of drug-likeness (QED) is 0.905. The Labute approximate surface area is 131 Å². The number of aromatic nitrogens is 1. The molecule has 1 aromatic heterocycles. The molecule has 0 aliphatic carbocycles. The van der Waals surface area contributed by atoms with E-state index < -0.39 is 11.9 Å². The van der Waals surface area contributed by atoms with Crippen LogP contribution in [-0.2, 0) is 15.7 Å². The summed E-state index contributed by atoms with van der Waals surface area (Å²) in [5.74, 6) is -0.0247. The van der Waals surface area contributed by atoms with Gasteiger partial charge in [0.2, 0.25) is 0 Å². The molecule has 1 aromatic rings. The standard InChI is InChI=1S/C15H16F3N3O2/c16-15(17,18)12-2-1-10(8-19)13(21-12)20-11-3-5-23-14(7-11)4-6-22-9-14/h1-2,11H,3-7,9H2,(H,20,21)/t11-,14+/m1/s1. The minimum Gasteiger partial charge on any atom is -0.378 e. The number of anilines is 1. The largest absolute Gasteiger partial charge is 0.433 e. The van der Waals surface area contributed by atoms with Crippen molar-refractivity contribution in [2.75, 3.05) is 25.1 Å². The zero-order valence-electron chi connectivity index (χ0n) is 12.3. The van der Waals surface area contributed by atoms with Crippen LogP contribution in [0.25, 0.3) is 0 Å². The van der Waals surface area contributed by atoms with Crippen molar-refractivity contribution in [2.24, 2.45) is 0 Å². The van der Waals surface area contributed by atoms with Gasteiger partial charge >= 0.3 is 6.18 Å². The van der Waals surface area contributed by atoms with Gasteiger partial charge in [-0.25, -0.2) is 4.98 Å². The van der Waals surface area contributed by atoms with Gasteiger partial charge in [0.15, 0.2) is 0 Å². The van der Waals surface area contributed by atoms with Crippen LogP contribution in [0.3, 0.4) is 0 Å². The number of alkyl halides is 3. The highest BCUT2D eigenvalue weighted by Crippen LogP contribution is 2.35. The SMILES string of the molecule is N#Cc1ccc(C(F)(F)F)nc1N[C@@H]1CCO[C@@]2(CCOC2)C1. The Morgan fingerprint density at radius 3 is 2.83 bits per heavy atom. The number of ether oxygens (including phenoxy) is 2. The molecule has 2 saturated heterocycles. The third-order valence-corrected chi connectivity index (χ3v) is 4.21. The molecule has 2 aliphatic heterocycles. The third kappa shape index (κ3) is 3.41. The minimum absolute atomic E-state index is 0.0247. The average Bonchev–Trinajstić information content (AvgIpc) is 2.94. The van der Waals surface area contributed by atoms with E-state index in [-0.39, 0.29) is 23.0 Å². The normalized spacial score (nSPS) is 27.8. The Bertz CT molecular complexity index is 621. The Morgan fingerprint density at radius 2 is 2.17 bits per heavy atom. The van der Waals surface area contributed by atoms with Crippen molar-refractivity contribution < 1.29 is 22.6 Å². The van der Waals surface area contributed by atoms with Gasteiger partial charge in [-0.1, -0.05) is 0 Å². The highest BCUT2D eigenvalue weighted by atomic mass is 19.4. The van der Waals surface area contributed by atoms with Gasteiger partial charge in [0.1, 0.15) is 17.6 Å². The second-order valence-electron chi connectivity index (χ2n) is 5.87. The zero-order valence-corrected chi connectivity index (χ0v) is 12.3. The fourth-order valence-corrected chi connectivity index (χ4v) is 3.02. The third-order valence-electron chi connectivity index (χ3n) is 4.21. The number of halogens is 3. The molecule has 3 rings (SSSR count). The van der Waals surface area contributed by atoms with E-state index >= 15 is 0 Å². The van der Waals surface area contributed by atoms with Gasteiger partial charge in [-0.3, -0.25) is 0 Å². The van der Waals surface area contributed by atoms with E-state index in [1.165, 1.54) is 0 Å². The first kappa shape index (κ1) is 16.0. The molecule has 0 amide bonds. The van der Waals surface area contributed by atoms with Crippen LogP contribution >= 0.6 is 0 Å². The number of hydrogen-bond acceptors (Lipinski definition) is 5.